The summed E-state index contributed by atoms with van der Waals surface area (Å²) in [6.07, 6.45) is 7.83. The Balaban J connectivity index is 1.56. The Hall–Kier alpha value is -2.97. The summed E-state index contributed by atoms with van der Waals surface area (Å²) < 4.78 is 7.97. The second-order valence-electron chi connectivity index (χ2n) is 7.37. The van der Waals surface area contributed by atoms with E-state index in [2.05, 4.69) is 32.5 Å². The first-order valence-electron chi connectivity index (χ1n) is 9.47. The van der Waals surface area contributed by atoms with Gasteiger partial charge in [0.15, 0.2) is 5.65 Å². The number of rotatable bonds is 5. The zero-order chi connectivity index (χ0) is 19.3. The van der Waals surface area contributed by atoms with Crippen molar-refractivity contribution in [1.29, 1.82) is 0 Å². The molecule has 1 aliphatic rings. The van der Waals surface area contributed by atoms with E-state index in [0.29, 0.717) is 12.3 Å². The Bertz CT molecular complexity index is 1160. The number of hydrogen-bond donors (Lipinski definition) is 3. The van der Waals surface area contributed by atoms with E-state index in [0.717, 1.165) is 51.9 Å². The van der Waals surface area contributed by atoms with Crippen LogP contribution in [-0.2, 0) is 18.4 Å². The van der Waals surface area contributed by atoms with Crippen LogP contribution in [0.2, 0.25) is 0 Å². The molecule has 0 aliphatic heterocycles. The number of fused-ring (bicyclic) bond motifs is 2. The predicted molar refractivity (Wildman–Crippen MR) is 109 cm³/mol. The number of aryl methyl sites for hydroxylation is 1. The zero-order valence-electron chi connectivity index (χ0n) is 15.9. The molecule has 1 saturated carbocycles. The van der Waals surface area contributed by atoms with Crippen molar-refractivity contribution in [2.45, 2.75) is 31.6 Å². The molecule has 8 heteroatoms. The number of hydrogen-bond acceptors (Lipinski definition) is 6. The summed E-state index contributed by atoms with van der Waals surface area (Å²) >= 11 is 0. The fourth-order valence-corrected chi connectivity index (χ4v) is 3.75. The van der Waals surface area contributed by atoms with Crippen molar-refractivity contribution in [1.82, 2.24) is 24.5 Å². The summed E-state index contributed by atoms with van der Waals surface area (Å²) in [6.45, 7) is 0.517. The summed E-state index contributed by atoms with van der Waals surface area (Å²) in [5, 5.41) is 4.26. The number of ether oxygens (including phenoxy) is 1. The molecule has 1 unspecified atom stereocenters. The fraction of sp³-hybridized carbons (Fsp3) is 0.350. The van der Waals surface area contributed by atoms with Crippen molar-refractivity contribution in [3.05, 3.63) is 36.4 Å². The summed E-state index contributed by atoms with van der Waals surface area (Å²) in [7, 11) is 3.89. The van der Waals surface area contributed by atoms with Crippen LogP contribution in [0, 0.1) is 0 Å². The van der Waals surface area contributed by atoms with Crippen molar-refractivity contribution in [2.24, 2.45) is 12.8 Å². The highest BCUT2D eigenvalue weighted by atomic mass is 16.5. The molecule has 144 valence electrons. The Morgan fingerprint density at radius 2 is 2.21 bits per heavy atom. The second-order valence-corrected chi connectivity index (χ2v) is 7.37. The molecule has 4 aromatic heterocycles. The SMILES string of the molecule is CNc1cc(-c2cn(C)c3ncc(COC4CC[C@H]4N)cc23)nc2nc[nH]c12. The minimum Gasteiger partial charge on any atom is -0.386 e. The predicted octanol–water partition coefficient (Wildman–Crippen LogP) is 2.56. The topological polar surface area (TPSA) is 107 Å². The average Bonchev–Trinajstić information content (AvgIpc) is 3.30. The minimum atomic E-state index is 0.160. The molecule has 1 fully saturated rings. The van der Waals surface area contributed by atoms with Gasteiger partial charge in [-0.15, -0.1) is 0 Å². The van der Waals surface area contributed by atoms with Gasteiger partial charge in [-0.2, -0.15) is 0 Å². The van der Waals surface area contributed by atoms with Crippen LogP contribution >= 0.6 is 0 Å². The molecule has 28 heavy (non-hydrogen) atoms. The molecule has 1 aliphatic carbocycles. The van der Waals surface area contributed by atoms with Crippen molar-refractivity contribution >= 4 is 27.9 Å². The number of pyridine rings is 2. The van der Waals surface area contributed by atoms with Gasteiger partial charge < -0.3 is 25.3 Å². The van der Waals surface area contributed by atoms with E-state index in [1.165, 1.54) is 0 Å². The van der Waals surface area contributed by atoms with E-state index < -0.39 is 0 Å². The van der Waals surface area contributed by atoms with Crippen LogP contribution in [0.15, 0.2) is 30.9 Å². The number of nitrogens with zero attached hydrogens (tertiary/aromatic N) is 4. The number of aromatic nitrogens is 5. The maximum Gasteiger partial charge on any atom is 0.180 e. The van der Waals surface area contributed by atoms with Gasteiger partial charge in [0.25, 0.3) is 0 Å². The number of nitrogens with one attached hydrogen (secondary N) is 2. The van der Waals surface area contributed by atoms with Gasteiger partial charge in [-0.25, -0.2) is 15.0 Å². The highest BCUT2D eigenvalue weighted by molar-refractivity contribution is 5.96. The van der Waals surface area contributed by atoms with Crippen molar-refractivity contribution in [2.75, 3.05) is 12.4 Å². The molecule has 5 rings (SSSR count). The van der Waals surface area contributed by atoms with Crippen molar-refractivity contribution in [3.8, 4) is 11.3 Å². The summed E-state index contributed by atoms with van der Waals surface area (Å²) in [4.78, 5) is 16.9. The molecule has 0 saturated heterocycles. The molecule has 8 nitrogen and oxygen atoms in total. The first-order chi connectivity index (χ1) is 13.6. The zero-order valence-corrected chi connectivity index (χ0v) is 15.9. The Morgan fingerprint density at radius 3 is 2.96 bits per heavy atom. The van der Waals surface area contributed by atoms with Gasteiger partial charge in [-0.3, -0.25) is 0 Å². The number of anilines is 1. The standard InChI is InChI=1S/C20H23N7O/c1-22-16-6-15(26-19-18(16)24-10-25-19)13-8-27(2)20-12(13)5-11(7-23-20)9-28-17-4-3-14(17)21/h5-8,10,14,17H,3-4,9,21H2,1-2H3,(H2,22,24,25,26)/t14-,17?/m1/s1. The van der Waals surface area contributed by atoms with Crippen LogP contribution < -0.4 is 11.1 Å². The van der Waals surface area contributed by atoms with Crippen LogP contribution in [0.5, 0.6) is 0 Å². The van der Waals surface area contributed by atoms with E-state index in [1.54, 1.807) is 6.33 Å². The number of aromatic amines is 1. The monoisotopic (exact) mass is 377 g/mol. The van der Waals surface area contributed by atoms with Gasteiger partial charge in [0.2, 0.25) is 0 Å². The smallest absolute Gasteiger partial charge is 0.180 e. The summed E-state index contributed by atoms with van der Waals surface area (Å²) in [5.41, 5.74) is 12.3. The third kappa shape index (κ3) is 2.73. The molecule has 0 aromatic carbocycles. The van der Waals surface area contributed by atoms with E-state index in [1.807, 2.05) is 30.9 Å². The molecule has 4 N–H and O–H groups in total. The van der Waals surface area contributed by atoms with Crippen LogP contribution in [0.25, 0.3) is 33.5 Å². The van der Waals surface area contributed by atoms with E-state index in [9.17, 15) is 0 Å². The maximum absolute atomic E-state index is 5.98. The largest absolute Gasteiger partial charge is 0.386 e. The third-order valence-corrected chi connectivity index (χ3v) is 5.54. The summed E-state index contributed by atoms with van der Waals surface area (Å²) in [6, 6.07) is 4.33. The van der Waals surface area contributed by atoms with E-state index >= 15 is 0 Å². The van der Waals surface area contributed by atoms with Crippen LogP contribution in [-0.4, -0.2) is 43.7 Å². The molecular formula is C20H23N7O. The molecular weight excluding hydrogens is 354 g/mol. The van der Waals surface area contributed by atoms with Gasteiger partial charge in [0.05, 0.1) is 30.4 Å². The Morgan fingerprint density at radius 1 is 1.32 bits per heavy atom. The van der Waals surface area contributed by atoms with E-state index in [-0.39, 0.29) is 12.1 Å². The average molecular weight is 377 g/mol. The van der Waals surface area contributed by atoms with Crippen molar-refractivity contribution in [3.63, 3.8) is 0 Å². The lowest BCUT2D eigenvalue weighted by Gasteiger charge is -2.33. The third-order valence-electron chi connectivity index (χ3n) is 5.54. The lowest BCUT2D eigenvalue weighted by atomic mass is 9.90. The molecule has 0 radical (unpaired) electrons. The van der Waals surface area contributed by atoms with Gasteiger partial charge in [-0.05, 0) is 30.5 Å². The maximum atomic E-state index is 5.98. The molecule has 4 aromatic rings. The number of nitrogens with two attached hydrogens (primary N) is 1. The number of H-pyrrole nitrogens is 1. The van der Waals surface area contributed by atoms with Crippen LogP contribution in [0.4, 0.5) is 5.69 Å². The lowest BCUT2D eigenvalue weighted by molar-refractivity contribution is -0.0246. The first-order valence-corrected chi connectivity index (χ1v) is 9.47. The van der Waals surface area contributed by atoms with Gasteiger partial charge >= 0.3 is 0 Å². The van der Waals surface area contributed by atoms with Gasteiger partial charge in [-0.1, -0.05) is 0 Å². The minimum absolute atomic E-state index is 0.160. The molecule has 0 spiro atoms. The molecule has 4 heterocycles. The molecule has 2 atom stereocenters. The highest BCUT2D eigenvalue weighted by Crippen LogP contribution is 2.32. The first kappa shape index (κ1) is 17.2. The fourth-order valence-electron chi connectivity index (χ4n) is 3.75. The Labute approximate surface area is 162 Å². The van der Waals surface area contributed by atoms with Gasteiger partial charge in [0.1, 0.15) is 11.2 Å². The Kier molecular flexibility index (Phi) is 4.03. The lowest BCUT2D eigenvalue weighted by Crippen LogP contribution is -2.45. The van der Waals surface area contributed by atoms with E-state index in [4.69, 9.17) is 15.5 Å². The number of imidazole rings is 1. The normalized spacial score (nSPS) is 19.2. The highest BCUT2D eigenvalue weighted by Gasteiger charge is 2.28. The molecule has 0 amide bonds. The van der Waals surface area contributed by atoms with Gasteiger partial charge in [0, 0.05) is 43.5 Å². The quantitative estimate of drug-likeness (QED) is 0.493. The second kappa shape index (κ2) is 6.57. The molecule has 0 bridgehead atoms. The van der Waals surface area contributed by atoms with Crippen molar-refractivity contribution < 1.29 is 4.74 Å². The van der Waals surface area contributed by atoms with Crippen LogP contribution in [0.1, 0.15) is 18.4 Å². The van der Waals surface area contributed by atoms with Crippen LogP contribution in [0.3, 0.4) is 0 Å². The summed E-state index contributed by atoms with van der Waals surface area (Å²) in [5.74, 6) is 0.